The first kappa shape index (κ1) is 20.4. The Bertz CT molecular complexity index is 1050. The first-order chi connectivity index (χ1) is 13.8. The maximum atomic E-state index is 12.6. The summed E-state index contributed by atoms with van der Waals surface area (Å²) in [5.74, 6) is 0.176. The number of para-hydroxylation sites is 1. The lowest BCUT2D eigenvalue weighted by Crippen LogP contribution is -2.39. The molecule has 0 atom stereocenters. The van der Waals surface area contributed by atoms with Crippen LogP contribution in [0.1, 0.15) is 31.9 Å². The molecule has 0 aliphatic rings. The number of ether oxygens (including phenoxy) is 2. The number of nitrogens with zero attached hydrogens (tertiary/aromatic N) is 3. The summed E-state index contributed by atoms with van der Waals surface area (Å²) >= 11 is 0. The SMILES string of the molecule is CCOC(=O)C(C)(C)Oc1ccc(Cn2ncn(-c3ccccc3)c2=O)cc1C. The Morgan fingerprint density at radius 1 is 1.14 bits per heavy atom. The average molecular weight is 395 g/mol. The van der Waals surface area contributed by atoms with E-state index in [1.54, 1.807) is 26.8 Å². The second kappa shape index (κ2) is 8.34. The highest BCUT2D eigenvalue weighted by molar-refractivity contribution is 5.79. The molecule has 0 spiro atoms. The number of carbonyl (C=O) groups excluding carboxylic acids is 1. The third-order valence-corrected chi connectivity index (χ3v) is 4.47. The van der Waals surface area contributed by atoms with E-state index < -0.39 is 11.6 Å². The molecule has 0 amide bonds. The highest BCUT2D eigenvalue weighted by Gasteiger charge is 2.32. The largest absolute Gasteiger partial charge is 0.476 e. The number of rotatable bonds is 7. The van der Waals surface area contributed by atoms with E-state index in [1.165, 1.54) is 15.6 Å². The van der Waals surface area contributed by atoms with Gasteiger partial charge in [-0.15, -0.1) is 0 Å². The van der Waals surface area contributed by atoms with Gasteiger partial charge in [0.15, 0.2) is 5.60 Å². The molecular formula is C22H25N3O4. The van der Waals surface area contributed by atoms with Crippen molar-refractivity contribution >= 4 is 5.97 Å². The molecule has 0 N–H and O–H groups in total. The van der Waals surface area contributed by atoms with Crippen LogP contribution in [0.25, 0.3) is 5.69 Å². The van der Waals surface area contributed by atoms with Gasteiger partial charge in [0.1, 0.15) is 12.1 Å². The van der Waals surface area contributed by atoms with E-state index in [2.05, 4.69) is 5.10 Å². The van der Waals surface area contributed by atoms with Crippen molar-refractivity contribution in [3.8, 4) is 11.4 Å². The Hall–Kier alpha value is -3.35. The van der Waals surface area contributed by atoms with E-state index in [9.17, 15) is 9.59 Å². The van der Waals surface area contributed by atoms with E-state index in [4.69, 9.17) is 9.47 Å². The maximum Gasteiger partial charge on any atom is 0.350 e. The number of aromatic nitrogens is 3. The third kappa shape index (κ3) is 4.56. The van der Waals surface area contributed by atoms with Crippen LogP contribution in [0.2, 0.25) is 0 Å². The lowest BCUT2D eigenvalue weighted by Gasteiger charge is -2.25. The van der Waals surface area contributed by atoms with E-state index in [1.807, 2.05) is 49.4 Å². The minimum Gasteiger partial charge on any atom is -0.476 e. The minimum absolute atomic E-state index is 0.211. The summed E-state index contributed by atoms with van der Waals surface area (Å²) in [6, 6.07) is 14.9. The van der Waals surface area contributed by atoms with Gasteiger partial charge in [-0.1, -0.05) is 30.3 Å². The van der Waals surface area contributed by atoms with Crippen LogP contribution in [0.15, 0.2) is 59.7 Å². The fraction of sp³-hybridized carbons (Fsp3) is 0.318. The first-order valence-corrected chi connectivity index (χ1v) is 9.47. The Kier molecular flexibility index (Phi) is 5.87. The minimum atomic E-state index is -1.09. The van der Waals surface area contributed by atoms with Crippen LogP contribution < -0.4 is 10.4 Å². The second-order valence-corrected chi connectivity index (χ2v) is 7.21. The highest BCUT2D eigenvalue weighted by Crippen LogP contribution is 2.25. The molecule has 0 aliphatic carbocycles. The molecule has 0 saturated carbocycles. The molecule has 0 unspecified atom stereocenters. The normalized spacial score (nSPS) is 11.3. The number of esters is 1. The lowest BCUT2D eigenvalue weighted by molar-refractivity contribution is -0.158. The molecule has 1 heterocycles. The average Bonchev–Trinajstić information content (AvgIpc) is 3.05. The molecule has 0 bridgehead atoms. The summed E-state index contributed by atoms with van der Waals surface area (Å²) < 4.78 is 13.8. The zero-order valence-corrected chi connectivity index (χ0v) is 17.1. The fourth-order valence-electron chi connectivity index (χ4n) is 2.93. The van der Waals surface area contributed by atoms with Crippen LogP contribution in [-0.4, -0.2) is 32.5 Å². The first-order valence-electron chi connectivity index (χ1n) is 9.47. The monoisotopic (exact) mass is 395 g/mol. The number of hydrogen-bond acceptors (Lipinski definition) is 5. The number of benzene rings is 2. The molecule has 0 radical (unpaired) electrons. The van der Waals surface area contributed by atoms with E-state index in [0.29, 0.717) is 18.9 Å². The summed E-state index contributed by atoms with van der Waals surface area (Å²) in [6.07, 6.45) is 1.52. The van der Waals surface area contributed by atoms with Gasteiger partial charge in [0.2, 0.25) is 0 Å². The van der Waals surface area contributed by atoms with Crippen molar-refractivity contribution in [1.29, 1.82) is 0 Å². The van der Waals surface area contributed by atoms with Crippen molar-refractivity contribution in [1.82, 2.24) is 14.3 Å². The standard InChI is InChI=1S/C22H25N3O4/c1-5-28-20(26)22(3,4)29-19-12-11-17(13-16(19)2)14-25-21(27)24(15-23-25)18-9-7-6-8-10-18/h6-13,15H,5,14H2,1-4H3. The predicted molar refractivity (Wildman–Crippen MR) is 109 cm³/mol. The summed E-state index contributed by atoms with van der Waals surface area (Å²) in [7, 11) is 0. The quantitative estimate of drug-likeness (QED) is 0.575. The molecule has 3 rings (SSSR count). The summed E-state index contributed by atoms with van der Waals surface area (Å²) in [6.45, 7) is 7.64. The van der Waals surface area contributed by atoms with Crippen LogP contribution in [0.4, 0.5) is 0 Å². The van der Waals surface area contributed by atoms with E-state index in [-0.39, 0.29) is 5.69 Å². The number of carbonyl (C=O) groups is 1. The predicted octanol–water partition coefficient (Wildman–Crippen LogP) is 3.11. The molecule has 3 aromatic rings. The van der Waals surface area contributed by atoms with Gasteiger partial charge in [0.25, 0.3) is 0 Å². The van der Waals surface area contributed by atoms with Crippen LogP contribution in [0.5, 0.6) is 5.75 Å². The molecule has 152 valence electrons. The lowest BCUT2D eigenvalue weighted by atomic mass is 10.1. The fourth-order valence-corrected chi connectivity index (χ4v) is 2.93. The van der Waals surface area contributed by atoms with Crippen molar-refractivity contribution in [2.75, 3.05) is 6.61 Å². The van der Waals surface area contributed by atoms with Gasteiger partial charge < -0.3 is 9.47 Å². The molecule has 29 heavy (non-hydrogen) atoms. The Morgan fingerprint density at radius 2 is 1.86 bits per heavy atom. The summed E-state index contributed by atoms with van der Waals surface area (Å²) in [4.78, 5) is 24.7. The van der Waals surface area contributed by atoms with E-state index in [0.717, 1.165) is 16.8 Å². The molecular weight excluding hydrogens is 370 g/mol. The van der Waals surface area contributed by atoms with Crippen molar-refractivity contribution in [3.63, 3.8) is 0 Å². The number of hydrogen-bond donors (Lipinski definition) is 0. The van der Waals surface area contributed by atoms with Crippen molar-refractivity contribution in [2.24, 2.45) is 0 Å². The molecule has 0 aliphatic heterocycles. The summed E-state index contributed by atoms with van der Waals surface area (Å²) in [5, 5.41) is 4.22. The highest BCUT2D eigenvalue weighted by atomic mass is 16.6. The van der Waals surface area contributed by atoms with Gasteiger partial charge in [0.05, 0.1) is 18.8 Å². The topological polar surface area (TPSA) is 75.3 Å². The van der Waals surface area contributed by atoms with Crippen molar-refractivity contribution in [2.45, 2.75) is 39.8 Å². The molecule has 7 heteroatoms. The Morgan fingerprint density at radius 3 is 2.52 bits per heavy atom. The van der Waals surface area contributed by atoms with Gasteiger partial charge in [-0.3, -0.25) is 0 Å². The van der Waals surface area contributed by atoms with Crippen LogP contribution >= 0.6 is 0 Å². The molecule has 2 aromatic carbocycles. The van der Waals surface area contributed by atoms with E-state index >= 15 is 0 Å². The van der Waals surface area contributed by atoms with Crippen LogP contribution in [0, 0.1) is 6.92 Å². The van der Waals surface area contributed by atoms with Gasteiger partial charge in [-0.2, -0.15) is 5.10 Å². The van der Waals surface area contributed by atoms with Crippen molar-refractivity contribution < 1.29 is 14.3 Å². The smallest absolute Gasteiger partial charge is 0.350 e. The van der Waals surface area contributed by atoms with Gasteiger partial charge in [0, 0.05) is 0 Å². The summed E-state index contributed by atoms with van der Waals surface area (Å²) in [5.41, 5.74) is 1.23. The molecule has 7 nitrogen and oxygen atoms in total. The zero-order valence-electron chi connectivity index (χ0n) is 17.1. The maximum absolute atomic E-state index is 12.6. The third-order valence-electron chi connectivity index (χ3n) is 4.47. The second-order valence-electron chi connectivity index (χ2n) is 7.21. The zero-order chi connectivity index (χ0) is 21.0. The number of aryl methyl sites for hydroxylation is 1. The van der Waals surface area contributed by atoms with Crippen LogP contribution in [-0.2, 0) is 16.1 Å². The van der Waals surface area contributed by atoms with Crippen molar-refractivity contribution in [3.05, 3.63) is 76.5 Å². The molecule has 0 saturated heterocycles. The Labute approximate surface area is 169 Å². The molecule has 1 aromatic heterocycles. The Balaban J connectivity index is 1.77. The van der Waals surface area contributed by atoms with Gasteiger partial charge in [-0.05, 0) is 57.0 Å². The van der Waals surface area contributed by atoms with Gasteiger partial charge in [-0.25, -0.2) is 18.8 Å². The van der Waals surface area contributed by atoms with Crippen LogP contribution in [0.3, 0.4) is 0 Å². The molecule has 0 fully saturated rings. The van der Waals surface area contributed by atoms with Gasteiger partial charge >= 0.3 is 11.7 Å².